The lowest BCUT2D eigenvalue weighted by Gasteiger charge is -2.32. The predicted molar refractivity (Wildman–Crippen MR) is 88.0 cm³/mol. The van der Waals surface area contributed by atoms with E-state index < -0.39 is 0 Å². The molecule has 0 amide bonds. The highest BCUT2D eigenvalue weighted by Gasteiger charge is 2.31. The fraction of sp³-hybridized carbons (Fsp3) is 0.688. The van der Waals surface area contributed by atoms with Crippen LogP contribution in [0, 0.1) is 5.41 Å². The minimum atomic E-state index is 0.0747. The number of hydrogen-bond acceptors (Lipinski definition) is 3. The monoisotopic (exact) mass is 311 g/mol. The first-order valence-electron chi connectivity index (χ1n) is 7.42. The van der Waals surface area contributed by atoms with Crippen LogP contribution >= 0.6 is 11.6 Å². The fourth-order valence-corrected chi connectivity index (χ4v) is 3.49. The van der Waals surface area contributed by atoms with Gasteiger partial charge in [0.25, 0.3) is 0 Å². The molecule has 1 aromatic rings. The van der Waals surface area contributed by atoms with Crippen molar-refractivity contribution in [3.63, 3.8) is 0 Å². The molecule has 5 heteroatoms. The molecular formula is C16H26ClN3O. The zero-order chi connectivity index (χ0) is 15.6. The summed E-state index contributed by atoms with van der Waals surface area (Å²) < 4.78 is 7.55. The van der Waals surface area contributed by atoms with Crippen molar-refractivity contribution in [2.24, 2.45) is 5.41 Å². The molecule has 4 nitrogen and oxygen atoms in total. The maximum absolute atomic E-state index is 6.43. The van der Waals surface area contributed by atoms with Crippen LogP contribution in [0.15, 0.2) is 12.3 Å². The van der Waals surface area contributed by atoms with Crippen molar-refractivity contribution in [1.29, 1.82) is 0 Å². The topological polar surface area (TPSA) is 30.3 Å². The van der Waals surface area contributed by atoms with Crippen LogP contribution in [0.2, 0.25) is 0 Å². The molecule has 0 spiro atoms. The number of alkyl halides is 1. The predicted octanol–water partition coefficient (Wildman–Crippen LogP) is 3.26. The highest BCUT2D eigenvalue weighted by molar-refractivity contribution is 6.22. The maximum atomic E-state index is 6.43. The normalized spacial score (nSPS) is 21.5. The van der Waals surface area contributed by atoms with E-state index in [2.05, 4.69) is 44.0 Å². The van der Waals surface area contributed by atoms with Gasteiger partial charge >= 0.3 is 0 Å². The lowest BCUT2D eigenvalue weighted by Crippen LogP contribution is -2.24. The first-order valence-corrected chi connectivity index (χ1v) is 7.86. The molecule has 1 aliphatic carbocycles. The molecule has 0 saturated heterocycles. The Balaban J connectivity index is 2.34. The van der Waals surface area contributed by atoms with Crippen molar-refractivity contribution in [3.05, 3.63) is 18.0 Å². The lowest BCUT2D eigenvalue weighted by molar-refractivity contribution is 0.336. The van der Waals surface area contributed by atoms with Crippen molar-refractivity contribution < 1.29 is 4.74 Å². The molecule has 0 radical (unpaired) electrons. The first kappa shape index (κ1) is 16.4. The van der Waals surface area contributed by atoms with Gasteiger partial charge in [-0.1, -0.05) is 19.9 Å². The number of hydrogen-bond donors (Lipinski definition) is 0. The van der Waals surface area contributed by atoms with Gasteiger partial charge in [0.15, 0.2) is 5.75 Å². The Morgan fingerprint density at radius 3 is 2.76 bits per heavy atom. The summed E-state index contributed by atoms with van der Waals surface area (Å²) in [6.45, 7) is 6.32. The van der Waals surface area contributed by atoms with Gasteiger partial charge in [-0.15, -0.1) is 11.6 Å². The smallest absolute Gasteiger partial charge is 0.164 e. The van der Waals surface area contributed by atoms with Crippen LogP contribution in [0.5, 0.6) is 5.75 Å². The molecule has 2 rings (SSSR count). The van der Waals surface area contributed by atoms with Crippen molar-refractivity contribution >= 4 is 17.2 Å². The Labute approximate surface area is 132 Å². The number of ether oxygens (including phenoxy) is 1. The molecule has 0 saturated carbocycles. The summed E-state index contributed by atoms with van der Waals surface area (Å²) >= 11 is 6.43. The second-order valence-corrected chi connectivity index (χ2v) is 7.40. The van der Waals surface area contributed by atoms with E-state index in [9.17, 15) is 0 Å². The molecule has 1 aromatic heterocycles. The molecule has 21 heavy (non-hydrogen) atoms. The van der Waals surface area contributed by atoms with Crippen molar-refractivity contribution in [2.45, 2.75) is 38.6 Å². The zero-order valence-electron chi connectivity index (χ0n) is 13.7. The van der Waals surface area contributed by atoms with Crippen LogP contribution in [0.3, 0.4) is 0 Å². The molecule has 1 atom stereocenters. The Kier molecular flexibility index (Phi) is 4.99. The minimum Gasteiger partial charge on any atom is -0.493 e. The molecular weight excluding hydrogens is 286 g/mol. The number of rotatable bonds is 5. The van der Waals surface area contributed by atoms with Crippen LogP contribution in [-0.2, 0) is 6.54 Å². The van der Waals surface area contributed by atoms with Gasteiger partial charge in [-0.05, 0) is 37.9 Å². The average molecular weight is 312 g/mol. The van der Waals surface area contributed by atoms with Crippen LogP contribution in [-0.4, -0.2) is 47.8 Å². The number of halogens is 1. The zero-order valence-corrected chi connectivity index (χ0v) is 14.4. The largest absolute Gasteiger partial charge is 0.493 e. The minimum absolute atomic E-state index is 0.0747. The molecule has 1 heterocycles. The second kappa shape index (κ2) is 6.41. The molecule has 1 unspecified atom stereocenters. The third-order valence-electron chi connectivity index (χ3n) is 3.89. The van der Waals surface area contributed by atoms with Gasteiger partial charge in [0.05, 0.1) is 25.2 Å². The van der Waals surface area contributed by atoms with Crippen LogP contribution in [0.4, 0.5) is 0 Å². The van der Waals surface area contributed by atoms with Gasteiger partial charge in [-0.2, -0.15) is 5.10 Å². The Hall–Kier alpha value is -1.00. The fourth-order valence-electron chi connectivity index (χ4n) is 2.92. The maximum Gasteiger partial charge on any atom is 0.164 e. The summed E-state index contributed by atoms with van der Waals surface area (Å²) in [6, 6.07) is 0. The van der Waals surface area contributed by atoms with Crippen LogP contribution in [0.25, 0.3) is 5.57 Å². The first-order chi connectivity index (χ1) is 9.82. The molecule has 0 fully saturated rings. The van der Waals surface area contributed by atoms with E-state index >= 15 is 0 Å². The number of allylic oxidation sites excluding steroid dienone is 2. The lowest BCUT2D eigenvalue weighted by atomic mass is 9.76. The standard InChI is InChI=1S/C16H26ClN3O/c1-16(2)9-12(8-13(17)10-16)15-14(21-5)11-18-20(15)7-6-19(3)4/h8,11,13H,6-7,9-10H2,1-5H3. The second-order valence-electron chi connectivity index (χ2n) is 6.84. The van der Waals surface area contributed by atoms with E-state index in [0.717, 1.165) is 37.4 Å². The van der Waals surface area contributed by atoms with Crippen LogP contribution < -0.4 is 4.74 Å². The number of aromatic nitrogens is 2. The molecule has 0 aromatic carbocycles. The summed E-state index contributed by atoms with van der Waals surface area (Å²) in [7, 11) is 5.83. The van der Waals surface area contributed by atoms with E-state index in [1.165, 1.54) is 5.57 Å². The van der Waals surface area contributed by atoms with E-state index in [4.69, 9.17) is 16.3 Å². The van der Waals surface area contributed by atoms with Gasteiger partial charge in [0.1, 0.15) is 5.69 Å². The van der Waals surface area contributed by atoms with Crippen LogP contribution in [0.1, 0.15) is 32.4 Å². The highest BCUT2D eigenvalue weighted by atomic mass is 35.5. The SMILES string of the molecule is COc1cnn(CCN(C)C)c1C1=CC(Cl)CC(C)(C)C1. The Morgan fingerprint density at radius 1 is 1.48 bits per heavy atom. The number of methoxy groups -OCH3 is 1. The summed E-state index contributed by atoms with van der Waals surface area (Å²) in [5.41, 5.74) is 2.54. The molecule has 1 aliphatic rings. The quantitative estimate of drug-likeness (QED) is 0.782. The van der Waals surface area contributed by atoms with Gasteiger partial charge in [-0.25, -0.2) is 0 Å². The summed E-state index contributed by atoms with van der Waals surface area (Å²) in [4.78, 5) is 2.15. The van der Waals surface area contributed by atoms with Gasteiger partial charge in [0, 0.05) is 6.54 Å². The molecule has 0 aliphatic heterocycles. The molecule has 0 bridgehead atoms. The van der Waals surface area contributed by atoms with E-state index in [0.29, 0.717) is 0 Å². The highest BCUT2D eigenvalue weighted by Crippen LogP contribution is 2.43. The third-order valence-corrected chi connectivity index (χ3v) is 4.17. The average Bonchev–Trinajstić information content (AvgIpc) is 2.76. The number of likely N-dealkylation sites (N-methyl/N-ethyl adjacent to an activating group) is 1. The Morgan fingerprint density at radius 2 is 2.19 bits per heavy atom. The number of nitrogens with zero attached hydrogens (tertiary/aromatic N) is 3. The summed E-state index contributed by atoms with van der Waals surface area (Å²) in [6.07, 6.45) is 5.97. The summed E-state index contributed by atoms with van der Waals surface area (Å²) in [5.74, 6) is 0.835. The molecule has 0 N–H and O–H groups in total. The van der Waals surface area contributed by atoms with E-state index in [-0.39, 0.29) is 10.8 Å². The van der Waals surface area contributed by atoms with E-state index in [1.807, 2.05) is 4.68 Å². The van der Waals surface area contributed by atoms with E-state index in [1.54, 1.807) is 13.3 Å². The van der Waals surface area contributed by atoms with Gasteiger partial charge < -0.3 is 9.64 Å². The van der Waals surface area contributed by atoms with Crippen molar-refractivity contribution in [2.75, 3.05) is 27.7 Å². The molecule has 118 valence electrons. The third kappa shape index (κ3) is 4.01. The van der Waals surface area contributed by atoms with Crippen molar-refractivity contribution in [1.82, 2.24) is 14.7 Å². The Bertz CT molecular complexity index is 520. The van der Waals surface area contributed by atoms with Crippen molar-refractivity contribution in [3.8, 4) is 5.75 Å². The van der Waals surface area contributed by atoms with Gasteiger partial charge in [0.2, 0.25) is 0 Å². The van der Waals surface area contributed by atoms with Gasteiger partial charge in [-0.3, -0.25) is 4.68 Å². The summed E-state index contributed by atoms with van der Waals surface area (Å²) in [5, 5.41) is 4.56.